The molecule has 0 radical (unpaired) electrons. The van der Waals surface area contributed by atoms with E-state index in [-0.39, 0.29) is 18.1 Å². The number of aryl methyl sites for hydroxylation is 3. The molecule has 0 saturated carbocycles. The lowest BCUT2D eigenvalue weighted by molar-refractivity contribution is -0.115. The fourth-order valence-corrected chi connectivity index (χ4v) is 3.66. The van der Waals surface area contributed by atoms with Crippen molar-refractivity contribution in [2.45, 2.75) is 40.0 Å². The zero-order valence-electron chi connectivity index (χ0n) is 17.4. The Kier molecular flexibility index (Phi) is 5.44. The second kappa shape index (κ2) is 8.19. The van der Waals surface area contributed by atoms with Crippen molar-refractivity contribution in [1.82, 2.24) is 9.97 Å². The van der Waals surface area contributed by atoms with E-state index in [0.29, 0.717) is 24.4 Å². The van der Waals surface area contributed by atoms with E-state index in [2.05, 4.69) is 5.32 Å². The predicted molar refractivity (Wildman–Crippen MR) is 118 cm³/mol. The molecule has 1 aliphatic rings. The van der Waals surface area contributed by atoms with Gasteiger partial charge in [-0.3, -0.25) is 4.79 Å². The number of aromatic nitrogens is 2. The summed E-state index contributed by atoms with van der Waals surface area (Å²) in [6, 6.07) is 12.7. The van der Waals surface area contributed by atoms with E-state index < -0.39 is 0 Å². The molecule has 0 bridgehead atoms. The predicted octanol–water partition coefficient (Wildman–Crippen LogP) is 5.29. The molecule has 152 valence electrons. The lowest BCUT2D eigenvalue weighted by atomic mass is 9.91. The van der Waals surface area contributed by atoms with Gasteiger partial charge in [-0.15, -0.1) is 0 Å². The topological polar surface area (TPSA) is 54.9 Å². The van der Waals surface area contributed by atoms with Gasteiger partial charge >= 0.3 is 0 Å². The van der Waals surface area contributed by atoms with Crippen LogP contribution < -0.4 is 5.32 Å². The van der Waals surface area contributed by atoms with Crippen molar-refractivity contribution in [2.75, 3.05) is 5.32 Å². The summed E-state index contributed by atoms with van der Waals surface area (Å²) in [5, 5.41) is 2.95. The van der Waals surface area contributed by atoms with E-state index >= 15 is 0 Å². The SMILES string of the molecule is CC(C)=Cc1nc2c(nc1NC(=O)Cc1ccc(C)cc1)CCc1cc(F)ccc1-2. The molecule has 4 rings (SSSR count). The van der Waals surface area contributed by atoms with Gasteiger partial charge < -0.3 is 5.32 Å². The van der Waals surface area contributed by atoms with Crippen molar-refractivity contribution in [1.29, 1.82) is 0 Å². The van der Waals surface area contributed by atoms with Crippen LogP contribution in [0.2, 0.25) is 0 Å². The van der Waals surface area contributed by atoms with Gasteiger partial charge in [-0.25, -0.2) is 14.4 Å². The van der Waals surface area contributed by atoms with Crippen molar-refractivity contribution in [2.24, 2.45) is 0 Å². The van der Waals surface area contributed by atoms with Crippen molar-refractivity contribution in [3.63, 3.8) is 0 Å². The van der Waals surface area contributed by atoms with Crippen molar-refractivity contribution in [3.8, 4) is 11.3 Å². The molecule has 0 spiro atoms. The molecular formula is C25H24FN3O. The molecule has 0 aliphatic heterocycles. The Labute approximate surface area is 175 Å². The van der Waals surface area contributed by atoms with E-state index in [4.69, 9.17) is 9.97 Å². The van der Waals surface area contributed by atoms with Crippen LogP contribution in [0.3, 0.4) is 0 Å². The third-order valence-corrected chi connectivity index (χ3v) is 5.12. The zero-order valence-corrected chi connectivity index (χ0v) is 17.4. The lowest BCUT2D eigenvalue weighted by Gasteiger charge is -2.20. The van der Waals surface area contributed by atoms with E-state index in [9.17, 15) is 9.18 Å². The largest absolute Gasteiger partial charge is 0.309 e. The summed E-state index contributed by atoms with van der Waals surface area (Å²) in [5.74, 6) is 0.0992. The first-order valence-corrected chi connectivity index (χ1v) is 10.1. The highest BCUT2D eigenvalue weighted by molar-refractivity contribution is 5.93. The molecule has 0 saturated heterocycles. The maximum Gasteiger partial charge on any atom is 0.230 e. The number of allylic oxidation sites excluding steroid dienone is 1. The van der Waals surface area contributed by atoms with Crippen LogP contribution in [0.4, 0.5) is 10.2 Å². The molecule has 1 N–H and O–H groups in total. The molecular weight excluding hydrogens is 377 g/mol. The summed E-state index contributed by atoms with van der Waals surface area (Å²) < 4.78 is 13.6. The molecule has 30 heavy (non-hydrogen) atoms. The molecule has 0 fully saturated rings. The molecule has 4 nitrogen and oxygen atoms in total. The van der Waals surface area contributed by atoms with Crippen LogP contribution in [0.1, 0.15) is 41.9 Å². The molecule has 1 aliphatic carbocycles. The number of benzene rings is 2. The Morgan fingerprint density at radius 1 is 1.10 bits per heavy atom. The Hall–Kier alpha value is -3.34. The number of carbonyl (C=O) groups excluding carboxylic acids is 1. The van der Waals surface area contributed by atoms with Gasteiger partial charge in [-0.05, 0) is 69.0 Å². The average Bonchev–Trinajstić information content (AvgIpc) is 2.69. The summed E-state index contributed by atoms with van der Waals surface area (Å²) in [7, 11) is 0. The smallest absolute Gasteiger partial charge is 0.230 e. The standard InChI is InChI=1S/C25H24FN3O/c1-15(2)12-22-25(29-23(30)13-17-6-4-16(3)5-7-17)28-21-11-8-18-14-19(26)9-10-20(18)24(21)27-22/h4-7,9-10,12,14H,8,11,13H2,1-3H3,(H,28,29,30). The first-order chi connectivity index (χ1) is 14.4. The van der Waals surface area contributed by atoms with Gasteiger partial charge in [0.25, 0.3) is 0 Å². The van der Waals surface area contributed by atoms with Crippen LogP contribution in [0.25, 0.3) is 17.3 Å². The molecule has 1 heterocycles. The van der Waals surface area contributed by atoms with E-state index in [1.54, 1.807) is 12.1 Å². The number of amides is 1. The van der Waals surface area contributed by atoms with Gasteiger partial charge in [0.1, 0.15) is 11.5 Å². The van der Waals surface area contributed by atoms with Crippen LogP contribution in [0.5, 0.6) is 0 Å². The minimum Gasteiger partial charge on any atom is -0.309 e. The zero-order chi connectivity index (χ0) is 21.3. The quantitative estimate of drug-likeness (QED) is 0.646. The van der Waals surface area contributed by atoms with Crippen LogP contribution >= 0.6 is 0 Å². The summed E-state index contributed by atoms with van der Waals surface area (Å²) in [6.07, 6.45) is 3.55. The van der Waals surface area contributed by atoms with Crippen molar-refractivity contribution < 1.29 is 9.18 Å². The number of hydrogen-bond acceptors (Lipinski definition) is 3. The third kappa shape index (κ3) is 4.30. The number of hydrogen-bond donors (Lipinski definition) is 1. The normalized spacial score (nSPS) is 12.0. The lowest BCUT2D eigenvalue weighted by Crippen LogP contribution is -2.19. The minimum absolute atomic E-state index is 0.130. The van der Waals surface area contributed by atoms with E-state index in [1.165, 1.54) is 6.07 Å². The maximum absolute atomic E-state index is 13.6. The van der Waals surface area contributed by atoms with Crippen LogP contribution in [-0.4, -0.2) is 15.9 Å². The summed E-state index contributed by atoms with van der Waals surface area (Å²) in [5.41, 5.74) is 7.21. The monoisotopic (exact) mass is 401 g/mol. The molecule has 0 unspecified atom stereocenters. The second-order valence-electron chi connectivity index (χ2n) is 7.99. The number of nitrogens with one attached hydrogen (secondary N) is 1. The molecule has 1 amide bonds. The number of carbonyl (C=O) groups is 1. The van der Waals surface area contributed by atoms with E-state index in [1.807, 2.05) is 51.1 Å². The maximum atomic E-state index is 13.6. The first-order valence-electron chi connectivity index (χ1n) is 10.1. The second-order valence-corrected chi connectivity index (χ2v) is 7.99. The molecule has 3 aromatic rings. The van der Waals surface area contributed by atoms with Crippen molar-refractivity contribution in [3.05, 3.63) is 81.9 Å². The Balaban J connectivity index is 1.68. The third-order valence-electron chi connectivity index (χ3n) is 5.12. The molecule has 2 aromatic carbocycles. The number of nitrogens with zero attached hydrogens (tertiary/aromatic N) is 2. The van der Waals surface area contributed by atoms with Gasteiger partial charge in [0.2, 0.25) is 5.91 Å². The summed E-state index contributed by atoms with van der Waals surface area (Å²) in [4.78, 5) is 22.2. The highest BCUT2D eigenvalue weighted by atomic mass is 19.1. The van der Waals surface area contributed by atoms with Gasteiger partial charge in [0.15, 0.2) is 5.82 Å². The van der Waals surface area contributed by atoms with Crippen LogP contribution in [0, 0.1) is 12.7 Å². The Morgan fingerprint density at radius 2 is 1.87 bits per heavy atom. The number of anilines is 1. The fourth-order valence-electron chi connectivity index (χ4n) is 3.66. The number of fused-ring (bicyclic) bond motifs is 3. The minimum atomic E-state index is -0.241. The highest BCUT2D eigenvalue weighted by Gasteiger charge is 2.22. The average molecular weight is 401 g/mol. The number of halogens is 1. The Morgan fingerprint density at radius 3 is 2.60 bits per heavy atom. The van der Waals surface area contributed by atoms with Crippen LogP contribution in [0.15, 0.2) is 48.0 Å². The van der Waals surface area contributed by atoms with E-state index in [0.717, 1.165) is 39.2 Å². The summed E-state index contributed by atoms with van der Waals surface area (Å²) in [6.45, 7) is 5.97. The van der Waals surface area contributed by atoms with Crippen LogP contribution in [-0.2, 0) is 24.1 Å². The molecule has 1 aromatic heterocycles. The first kappa shape index (κ1) is 20.0. The Bertz CT molecular complexity index is 1150. The van der Waals surface area contributed by atoms with Gasteiger partial charge in [0, 0.05) is 5.56 Å². The van der Waals surface area contributed by atoms with Gasteiger partial charge in [-0.1, -0.05) is 35.4 Å². The number of rotatable bonds is 4. The van der Waals surface area contributed by atoms with Gasteiger partial charge in [-0.2, -0.15) is 0 Å². The molecule has 5 heteroatoms. The highest BCUT2D eigenvalue weighted by Crippen LogP contribution is 2.33. The van der Waals surface area contributed by atoms with Gasteiger partial charge in [0.05, 0.1) is 17.8 Å². The summed E-state index contributed by atoms with van der Waals surface area (Å²) >= 11 is 0. The van der Waals surface area contributed by atoms with Crippen molar-refractivity contribution >= 4 is 17.8 Å². The molecule has 0 atom stereocenters. The fraction of sp³-hybridized carbons (Fsp3) is 0.240.